The minimum absolute atomic E-state index is 0.0875. The number of fused-ring (bicyclic) bond motifs is 4. The Morgan fingerprint density at radius 3 is 2.74 bits per heavy atom. The van der Waals surface area contributed by atoms with Crippen LogP contribution < -0.4 is 4.90 Å². The Kier molecular flexibility index (Phi) is 7.61. The molecule has 9 nitrogen and oxygen atoms in total. The summed E-state index contributed by atoms with van der Waals surface area (Å²) in [6.07, 6.45) is 5.07. The number of hydrogen-bond donors (Lipinski definition) is 0. The molecule has 1 fully saturated rings. The molecule has 1 saturated heterocycles. The molecule has 0 bridgehead atoms. The van der Waals surface area contributed by atoms with Crippen LogP contribution in [-0.2, 0) is 27.9 Å². The Balaban J connectivity index is 1.40. The third-order valence-corrected chi connectivity index (χ3v) is 10.8. The number of carbonyl (C=O) groups excluding carboxylic acids is 1. The number of sulfonamides is 1. The number of Topliss-reactive ketones (excluding diaryl/α,β-unsaturated/α-hetero) is 1. The molecule has 10 heteroatoms. The number of piperidine rings is 1. The highest BCUT2D eigenvalue weighted by molar-refractivity contribution is 7.89. The van der Waals surface area contributed by atoms with Gasteiger partial charge >= 0.3 is 0 Å². The summed E-state index contributed by atoms with van der Waals surface area (Å²) in [7, 11) is -3.77. The number of nitrogens with zero attached hydrogens (tertiary/aromatic N) is 6. The summed E-state index contributed by atoms with van der Waals surface area (Å²) in [6.45, 7) is 9.94. The standard InChI is InChI=1S/C32H38N6O3S/c1-5-38-29-14-13-27(23(4)31(29)34-35-38)28(17-22(3)39)24-12-11-21(2)25(18-24)19-36-20-26-9-6-7-16-37(26)32-30(42(36,40)41)10-8-15-33-32/h8,10-15,18,26,28H,5-7,9,16-17,19-20H2,1-4H3/t26-,28-/m0/s1. The van der Waals surface area contributed by atoms with Gasteiger partial charge in [0.25, 0.3) is 0 Å². The van der Waals surface area contributed by atoms with Crippen LogP contribution in [0.1, 0.15) is 73.3 Å². The lowest BCUT2D eigenvalue weighted by Crippen LogP contribution is -2.45. The van der Waals surface area contributed by atoms with Crippen molar-refractivity contribution < 1.29 is 13.2 Å². The number of benzene rings is 2. The van der Waals surface area contributed by atoms with Crippen LogP contribution in [0.5, 0.6) is 0 Å². The van der Waals surface area contributed by atoms with Crippen molar-refractivity contribution in [3.05, 3.63) is 76.5 Å². The van der Waals surface area contributed by atoms with Gasteiger partial charge in [-0.3, -0.25) is 4.79 Å². The van der Waals surface area contributed by atoms with Gasteiger partial charge in [0, 0.05) is 50.8 Å². The molecule has 42 heavy (non-hydrogen) atoms. The minimum atomic E-state index is -3.77. The number of pyridine rings is 1. The first kappa shape index (κ1) is 28.5. The maximum absolute atomic E-state index is 14.1. The second kappa shape index (κ2) is 11.2. The number of aryl methyl sites for hydroxylation is 3. The lowest BCUT2D eigenvalue weighted by atomic mass is 9.83. The third kappa shape index (κ3) is 5.00. The van der Waals surface area contributed by atoms with Crippen LogP contribution in [0.2, 0.25) is 0 Å². The van der Waals surface area contributed by atoms with Crippen molar-refractivity contribution in [2.75, 3.05) is 18.0 Å². The molecule has 0 amide bonds. The maximum atomic E-state index is 14.1. The lowest BCUT2D eigenvalue weighted by molar-refractivity contribution is -0.117. The van der Waals surface area contributed by atoms with Gasteiger partial charge in [-0.1, -0.05) is 29.5 Å². The van der Waals surface area contributed by atoms with Crippen molar-refractivity contribution in [1.82, 2.24) is 24.3 Å². The SMILES string of the molecule is CCn1nnc2c(C)c([C@@H](CC(C)=O)c3ccc(C)c(CN4C[C@@H]5CCCCN5c5ncccc5S4(=O)=O)c3)ccc21. The fourth-order valence-corrected chi connectivity index (χ4v) is 8.25. The van der Waals surface area contributed by atoms with E-state index >= 15 is 0 Å². The summed E-state index contributed by atoms with van der Waals surface area (Å²) in [5, 5.41) is 8.73. The third-order valence-electron chi connectivity index (χ3n) is 8.95. The highest BCUT2D eigenvalue weighted by Crippen LogP contribution is 2.37. The molecule has 220 valence electrons. The normalized spacial score (nSPS) is 19.2. The summed E-state index contributed by atoms with van der Waals surface area (Å²) in [5.41, 5.74) is 6.82. The average molecular weight is 587 g/mol. The Morgan fingerprint density at radius 2 is 1.95 bits per heavy atom. The van der Waals surface area contributed by atoms with Crippen LogP contribution in [0.4, 0.5) is 5.82 Å². The molecule has 2 atom stereocenters. The molecular formula is C32H38N6O3S. The molecule has 2 aromatic carbocycles. The molecule has 0 radical (unpaired) electrons. The predicted octanol–water partition coefficient (Wildman–Crippen LogP) is 5.14. The average Bonchev–Trinajstić information content (AvgIpc) is 3.38. The van der Waals surface area contributed by atoms with Gasteiger partial charge in [-0.05, 0) is 93.0 Å². The zero-order valence-electron chi connectivity index (χ0n) is 24.7. The monoisotopic (exact) mass is 586 g/mol. The molecule has 0 unspecified atom stereocenters. The summed E-state index contributed by atoms with van der Waals surface area (Å²) >= 11 is 0. The van der Waals surface area contributed by atoms with E-state index in [2.05, 4.69) is 38.4 Å². The van der Waals surface area contributed by atoms with E-state index in [4.69, 9.17) is 0 Å². The first-order chi connectivity index (χ1) is 20.2. The second-order valence-electron chi connectivity index (χ2n) is 11.7. The minimum Gasteiger partial charge on any atom is -0.351 e. The zero-order chi connectivity index (χ0) is 29.6. The Hall–Kier alpha value is -3.63. The fourth-order valence-electron chi connectivity index (χ4n) is 6.65. The summed E-state index contributed by atoms with van der Waals surface area (Å²) in [4.78, 5) is 19.5. The summed E-state index contributed by atoms with van der Waals surface area (Å²) < 4.78 is 31.6. The molecule has 6 rings (SSSR count). The van der Waals surface area contributed by atoms with Crippen LogP contribution in [0.3, 0.4) is 0 Å². The quantitative estimate of drug-likeness (QED) is 0.296. The zero-order valence-corrected chi connectivity index (χ0v) is 25.6. The number of anilines is 1. The van der Waals surface area contributed by atoms with Crippen molar-refractivity contribution in [1.29, 1.82) is 0 Å². The number of aromatic nitrogens is 4. The van der Waals surface area contributed by atoms with E-state index in [0.29, 0.717) is 18.8 Å². The van der Waals surface area contributed by atoms with Gasteiger partial charge in [-0.25, -0.2) is 18.1 Å². The van der Waals surface area contributed by atoms with Crippen LogP contribution in [-0.4, -0.2) is 57.6 Å². The summed E-state index contributed by atoms with van der Waals surface area (Å²) in [5.74, 6) is 0.482. The molecule has 4 aromatic rings. The second-order valence-corrected chi connectivity index (χ2v) is 13.6. The Bertz CT molecular complexity index is 1770. The van der Waals surface area contributed by atoms with Gasteiger partial charge in [0.2, 0.25) is 10.0 Å². The van der Waals surface area contributed by atoms with Gasteiger partial charge in [0.1, 0.15) is 22.0 Å². The van der Waals surface area contributed by atoms with Crippen molar-refractivity contribution in [3.8, 4) is 0 Å². The molecule has 0 N–H and O–H groups in total. The number of hydrogen-bond acceptors (Lipinski definition) is 7. The van der Waals surface area contributed by atoms with E-state index in [1.807, 2.05) is 37.6 Å². The van der Waals surface area contributed by atoms with Crippen LogP contribution in [0.25, 0.3) is 11.0 Å². The van der Waals surface area contributed by atoms with Crippen molar-refractivity contribution in [3.63, 3.8) is 0 Å². The van der Waals surface area contributed by atoms with E-state index in [1.54, 1.807) is 29.6 Å². The highest BCUT2D eigenvalue weighted by Gasteiger charge is 2.39. The molecular weight excluding hydrogens is 548 g/mol. The van der Waals surface area contributed by atoms with Crippen molar-refractivity contribution >= 4 is 32.7 Å². The topological polar surface area (TPSA) is 101 Å². The van der Waals surface area contributed by atoms with Gasteiger partial charge in [-0.2, -0.15) is 4.31 Å². The molecule has 2 aromatic heterocycles. The Labute approximate surface area is 247 Å². The molecule has 2 aliphatic rings. The molecule has 0 aliphatic carbocycles. The lowest BCUT2D eigenvalue weighted by Gasteiger charge is -2.36. The van der Waals surface area contributed by atoms with Gasteiger partial charge in [-0.15, -0.1) is 5.10 Å². The van der Waals surface area contributed by atoms with Gasteiger partial charge < -0.3 is 4.90 Å². The van der Waals surface area contributed by atoms with E-state index in [-0.39, 0.29) is 29.2 Å². The highest BCUT2D eigenvalue weighted by atomic mass is 32.2. The van der Waals surface area contributed by atoms with Crippen LogP contribution in [0.15, 0.2) is 53.6 Å². The molecule has 0 spiro atoms. The largest absolute Gasteiger partial charge is 0.351 e. The summed E-state index contributed by atoms with van der Waals surface area (Å²) in [6, 6.07) is 13.8. The van der Waals surface area contributed by atoms with E-state index in [9.17, 15) is 13.2 Å². The van der Waals surface area contributed by atoms with Crippen molar-refractivity contribution in [2.24, 2.45) is 0 Å². The number of ketones is 1. The van der Waals surface area contributed by atoms with Crippen LogP contribution >= 0.6 is 0 Å². The predicted molar refractivity (Wildman–Crippen MR) is 163 cm³/mol. The first-order valence-corrected chi connectivity index (χ1v) is 16.3. The van der Waals surface area contributed by atoms with Crippen LogP contribution in [0, 0.1) is 13.8 Å². The Morgan fingerprint density at radius 1 is 1.12 bits per heavy atom. The maximum Gasteiger partial charge on any atom is 0.247 e. The number of rotatable bonds is 7. The molecule has 0 saturated carbocycles. The van der Waals surface area contributed by atoms with E-state index in [0.717, 1.165) is 71.2 Å². The van der Waals surface area contributed by atoms with Crippen molar-refractivity contribution in [2.45, 2.75) is 83.3 Å². The van der Waals surface area contributed by atoms with E-state index in [1.165, 1.54) is 0 Å². The smallest absolute Gasteiger partial charge is 0.247 e. The van der Waals surface area contributed by atoms with Gasteiger partial charge in [0.15, 0.2) is 0 Å². The molecule has 4 heterocycles. The van der Waals surface area contributed by atoms with E-state index < -0.39 is 10.0 Å². The number of carbonyl (C=O) groups is 1. The first-order valence-electron chi connectivity index (χ1n) is 14.8. The molecule has 2 aliphatic heterocycles. The fraction of sp³-hybridized carbons (Fsp3) is 0.438. The van der Waals surface area contributed by atoms with Gasteiger partial charge in [0.05, 0.1) is 5.52 Å².